The minimum absolute atomic E-state index is 0.506. The standard InChI is InChI=1S/C11H10ClNO/c1-2-14-9-5-3-8-4-6-11(12)13-10(8)7-9/h3-7H,2H2,1H3. The van der Waals surface area contributed by atoms with Crippen LogP contribution in [-0.4, -0.2) is 11.6 Å². The van der Waals surface area contributed by atoms with E-state index >= 15 is 0 Å². The highest BCUT2D eigenvalue weighted by Crippen LogP contribution is 2.20. The molecule has 72 valence electrons. The maximum atomic E-state index is 5.80. The normalized spacial score (nSPS) is 10.4. The monoisotopic (exact) mass is 207 g/mol. The van der Waals surface area contributed by atoms with E-state index in [1.54, 1.807) is 6.07 Å². The lowest BCUT2D eigenvalue weighted by atomic mass is 10.2. The lowest BCUT2D eigenvalue weighted by Crippen LogP contribution is -1.91. The van der Waals surface area contributed by atoms with Gasteiger partial charge in [0.1, 0.15) is 10.9 Å². The summed E-state index contributed by atoms with van der Waals surface area (Å²) in [5, 5.41) is 1.57. The number of hydrogen-bond donors (Lipinski definition) is 0. The average Bonchev–Trinajstić information content (AvgIpc) is 2.17. The maximum Gasteiger partial charge on any atom is 0.129 e. The summed E-state index contributed by atoms with van der Waals surface area (Å²) in [4.78, 5) is 4.20. The Morgan fingerprint density at radius 3 is 2.86 bits per heavy atom. The van der Waals surface area contributed by atoms with Gasteiger partial charge in [0, 0.05) is 11.5 Å². The number of fused-ring (bicyclic) bond motifs is 1. The van der Waals surface area contributed by atoms with Crippen LogP contribution in [0, 0.1) is 0 Å². The molecule has 0 saturated carbocycles. The highest BCUT2D eigenvalue weighted by Gasteiger charge is 1.98. The van der Waals surface area contributed by atoms with Crippen molar-refractivity contribution in [2.75, 3.05) is 6.61 Å². The van der Waals surface area contributed by atoms with E-state index in [0.29, 0.717) is 11.8 Å². The Morgan fingerprint density at radius 2 is 2.07 bits per heavy atom. The molecule has 2 rings (SSSR count). The number of halogens is 1. The minimum Gasteiger partial charge on any atom is -0.494 e. The van der Waals surface area contributed by atoms with E-state index in [2.05, 4.69) is 4.98 Å². The summed E-state index contributed by atoms with van der Waals surface area (Å²) in [5.41, 5.74) is 0.864. The Bertz CT molecular complexity index is 456. The van der Waals surface area contributed by atoms with E-state index < -0.39 is 0 Å². The fraction of sp³-hybridized carbons (Fsp3) is 0.182. The summed E-state index contributed by atoms with van der Waals surface area (Å²) >= 11 is 5.80. The van der Waals surface area contributed by atoms with E-state index in [-0.39, 0.29) is 0 Å². The number of rotatable bonds is 2. The van der Waals surface area contributed by atoms with E-state index in [4.69, 9.17) is 16.3 Å². The number of ether oxygens (including phenoxy) is 1. The van der Waals surface area contributed by atoms with Crippen LogP contribution in [0.25, 0.3) is 10.9 Å². The first kappa shape index (κ1) is 9.28. The molecule has 0 amide bonds. The third-order valence-corrected chi connectivity index (χ3v) is 2.15. The van der Waals surface area contributed by atoms with Crippen LogP contribution in [0.1, 0.15) is 6.92 Å². The second kappa shape index (κ2) is 3.84. The predicted molar refractivity (Wildman–Crippen MR) is 57.9 cm³/mol. The largest absolute Gasteiger partial charge is 0.494 e. The molecular weight excluding hydrogens is 198 g/mol. The maximum absolute atomic E-state index is 5.80. The molecule has 0 bridgehead atoms. The number of pyridine rings is 1. The molecule has 0 radical (unpaired) electrons. The fourth-order valence-corrected chi connectivity index (χ4v) is 1.48. The van der Waals surface area contributed by atoms with Crippen LogP contribution < -0.4 is 4.74 Å². The van der Waals surface area contributed by atoms with Gasteiger partial charge in [0.2, 0.25) is 0 Å². The minimum atomic E-state index is 0.506. The number of nitrogens with zero attached hydrogens (tertiary/aromatic N) is 1. The van der Waals surface area contributed by atoms with Gasteiger partial charge in [-0.05, 0) is 31.2 Å². The van der Waals surface area contributed by atoms with Crippen molar-refractivity contribution in [1.29, 1.82) is 0 Å². The van der Waals surface area contributed by atoms with Crippen molar-refractivity contribution in [1.82, 2.24) is 4.98 Å². The van der Waals surface area contributed by atoms with Crippen LogP contribution >= 0.6 is 11.6 Å². The summed E-state index contributed by atoms with van der Waals surface area (Å²) in [6.45, 7) is 2.61. The third kappa shape index (κ3) is 1.80. The van der Waals surface area contributed by atoms with Crippen molar-refractivity contribution in [2.45, 2.75) is 6.92 Å². The zero-order valence-corrected chi connectivity index (χ0v) is 8.58. The van der Waals surface area contributed by atoms with Crippen LogP contribution in [0.3, 0.4) is 0 Å². The lowest BCUT2D eigenvalue weighted by Gasteiger charge is -2.03. The first-order valence-corrected chi connectivity index (χ1v) is 4.86. The Labute approximate surface area is 87.5 Å². The molecular formula is C11H10ClNO. The SMILES string of the molecule is CCOc1ccc2ccc(Cl)nc2c1. The van der Waals surface area contributed by atoms with Gasteiger partial charge < -0.3 is 4.74 Å². The van der Waals surface area contributed by atoms with E-state index in [9.17, 15) is 0 Å². The Hall–Kier alpha value is -1.28. The molecule has 0 aliphatic carbocycles. The molecule has 2 nitrogen and oxygen atoms in total. The summed E-state index contributed by atoms with van der Waals surface area (Å²) < 4.78 is 5.37. The topological polar surface area (TPSA) is 22.1 Å². The summed E-state index contributed by atoms with van der Waals surface area (Å²) in [6.07, 6.45) is 0. The van der Waals surface area contributed by atoms with Crippen molar-refractivity contribution in [3.8, 4) is 5.75 Å². The van der Waals surface area contributed by atoms with Gasteiger partial charge in [0.15, 0.2) is 0 Å². The van der Waals surface area contributed by atoms with Crippen molar-refractivity contribution < 1.29 is 4.74 Å². The molecule has 0 aliphatic rings. The molecule has 0 N–H and O–H groups in total. The van der Waals surface area contributed by atoms with Gasteiger partial charge in [0.25, 0.3) is 0 Å². The van der Waals surface area contributed by atoms with Gasteiger partial charge in [-0.15, -0.1) is 0 Å². The summed E-state index contributed by atoms with van der Waals surface area (Å²) in [6, 6.07) is 9.53. The molecule has 0 atom stereocenters. The van der Waals surface area contributed by atoms with Gasteiger partial charge in [0.05, 0.1) is 12.1 Å². The molecule has 0 saturated heterocycles. The van der Waals surface area contributed by atoms with Crippen LogP contribution in [-0.2, 0) is 0 Å². The van der Waals surface area contributed by atoms with Crippen LogP contribution in [0.5, 0.6) is 5.75 Å². The molecule has 1 aromatic carbocycles. The molecule has 2 aromatic rings. The molecule has 0 spiro atoms. The van der Waals surface area contributed by atoms with Crippen LogP contribution in [0.4, 0.5) is 0 Å². The highest BCUT2D eigenvalue weighted by molar-refractivity contribution is 6.29. The van der Waals surface area contributed by atoms with Crippen LogP contribution in [0.15, 0.2) is 30.3 Å². The summed E-state index contributed by atoms with van der Waals surface area (Å²) in [7, 11) is 0. The van der Waals surface area contributed by atoms with Crippen LogP contribution in [0.2, 0.25) is 5.15 Å². The lowest BCUT2D eigenvalue weighted by molar-refractivity contribution is 0.340. The van der Waals surface area contributed by atoms with E-state index in [0.717, 1.165) is 16.7 Å². The second-order valence-corrected chi connectivity index (χ2v) is 3.31. The Balaban J connectivity index is 2.52. The number of benzene rings is 1. The molecule has 14 heavy (non-hydrogen) atoms. The zero-order chi connectivity index (χ0) is 9.97. The van der Waals surface area contributed by atoms with Gasteiger partial charge in [-0.1, -0.05) is 11.6 Å². The van der Waals surface area contributed by atoms with Crippen molar-refractivity contribution >= 4 is 22.5 Å². The second-order valence-electron chi connectivity index (χ2n) is 2.92. The quantitative estimate of drug-likeness (QED) is 0.705. The van der Waals surface area contributed by atoms with Crippen molar-refractivity contribution in [3.63, 3.8) is 0 Å². The molecule has 0 fully saturated rings. The van der Waals surface area contributed by atoms with E-state index in [1.807, 2.05) is 31.2 Å². The smallest absolute Gasteiger partial charge is 0.129 e. The fourth-order valence-electron chi connectivity index (χ4n) is 1.33. The Kier molecular flexibility index (Phi) is 2.55. The van der Waals surface area contributed by atoms with Crippen molar-refractivity contribution in [3.05, 3.63) is 35.5 Å². The zero-order valence-electron chi connectivity index (χ0n) is 7.83. The molecule has 1 heterocycles. The number of hydrogen-bond acceptors (Lipinski definition) is 2. The molecule has 1 aromatic heterocycles. The molecule has 0 unspecified atom stereocenters. The van der Waals surface area contributed by atoms with E-state index in [1.165, 1.54) is 0 Å². The highest BCUT2D eigenvalue weighted by atomic mass is 35.5. The molecule has 0 aliphatic heterocycles. The van der Waals surface area contributed by atoms with Gasteiger partial charge >= 0.3 is 0 Å². The molecule has 3 heteroatoms. The van der Waals surface area contributed by atoms with Gasteiger partial charge in [-0.3, -0.25) is 0 Å². The Morgan fingerprint density at radius 1 is 1.29 bits per heavy atom. The first-order valence-electron chi connectivity index (χ1n) is 4.48. The third-order valence-electron chi connectivity index (χ3n) is 1.94. The average molecular weight is 208 g/mol. The first-order chi connectivity index (χ1) is 6.79. The number of aromatic nitrogens is 1. The van der Waals surface area contributed by atoms with Crippen molar-refractivity contribution in [2.24, 2.45) is 0 Å². The van der Waals surface area contributed by atoms with Gasteiger partial charge in [-0.25, -0.2) is 4.98 Å². The predicted octanol–water partition coefficient (Wildman–Crippen LogP) is 3.29. The summed E-state index contributed by atoms with van der Waals surface area (Å²) in [5.74, 6) is 0.828. The van der Waals surface area contributed by atoms with Gasteiger partial charge in [-0.2, -0.15) is 0 Å².